The molecule has 0 aromatic carbocycles. The number of hydrogen-bond acceptors (Lipinski definition) is 6. The van der Waals surface area contributed by atoms with Crippen molar-refractivity contribution >= 4 is 45.0 Å². The number of nitrogens with zero attached hydrogens (tertiary/aromatic N) is 3. The number of hydrogen-bond donors (Lipinski definition) is 3. The third-order valence-electron chi connectivity index (χ3n) is 5.84. The Bertz CT molecular complexity index is 945. The van der Waals surface area contributed by atoms with E-state index in [0.29, 0.717) is 36.7 Å². The van der Waals surface area contributed by atoms with E-state index < -0.39 is 6.04 Å². The number of aromatic amines is 1. The van der Waals surface area contributed by atoms with E-state index in [0.717, 1.165) is 22.3 Å². The van der Waals surface area contributed by atoms with Crippen LogP contribution in [0.5, 0.6) is 0 Å². The predicted molar refractivity (Wildman–Crippen MR) is 118 cm³/mol. The number of halogens is 1. The number of aromatic nitrogens is 3. The molecule has 3 amide bonds. The maximum Gasteiger partial charge on any atom is 0.262 e. The first-order chi connectivity index (χ1) is 14.9. The fraction of sp³-hybridized carbons (Fsp3) is 0.550. The highest BCUT2D eigenvalue weighted by Crippen LogP contribution is 2.41. The van der Waals surface area contributed by atoms with E-state index in [1.54, 1.807) is 24.1 Å². The zero-order valence-corrected chi connectivity index (χ0v) is 19.5. The SMILES string of the molecule is CC(NC(=O)c1ccc(Br)s1)C(=O)N1C[C@@H](NC(=O)CCc2cn[nH]n2)[C@H](C2CC2)C1. The van der Waals surface area contributed by atoms with Crippen molar-refractivity contribution in [3.63, 3.8) is 0 Å². The first-order valence-corrected chi connectivity index (χ1v) is 12.0. The normalized spacial score (nSPS) is 21.7. The number of H-pyrrole nitrogens is 1. The molecule has 166 valence electrons. The summed E-state index contributed by atoms with van der Waals surface area (Å²) in [6.45, 7) is 2.79. The van der Waals surface area contributed by atoms with Gasteiger partial charge in [0.2, 0.25) is 11.8 Å². The van der Waals surface area contributed by atoms with Crippen LogP contribution in [-0.4, -0.2) is 63.2 Å². The van der Waals surface area contributed by atoms with Gasteiger partial charge in [0.05, 0.1) is 26.6 Å². The number of likely N-dealkylation sites (tertiary alicyclic amines) is 1. The quantitative estimate of drug-likeness (QED) is 0.501. The number of aryl methyl sites for hydroxylation is 1. The molecule has 1 saturated carbocycles. The number of nitrogens with one attached hydrogen (secondary N) is 3. The van der Waals surface area contributed by atoms with Gasteiger partial charge in [0.25, 0.3) is 5.91 Å². The number of carbonyl (C=O) groups excluding carboxylic acids is 3. The Morgan fingerprint density at radius 3 is 2.77 bits per heavy atom. The number of rotatable bonds is 8. The third kappa shape index (κ3) is 5.51. The predicted octanol–water partition coefficient (Wildman–Crippen LogP) is 1.73. The van der Waals surface area contributed by atoms with Crippen LogP contribution in [0.3, 0.4) is 0 Å². The molecule has 1 aliphatic heterocycles. The highest BCUT2D eigenvalue weighted by atomic mass is 79.9. The molecule has 3 heterocycles. The second-order valence-electron chi connectivity index (χ2n) is 8.18. The Labute approximate surface area is 192 Å². The van der Waals surface area contributed by atoms with Crippen molar-refractivity contribution in [2.24, 2.45) is 11.8 Å². The zero-order chi connectivity index (χ0) is 22.0. The van der Waals surface area contributed by atoms with E-state index in [1.807, 2.05) is 6.07 Å². The van der Waals surface area contributed by atoms with Crippen molar-refractivity contribution in [1.29, 1.82) is 0 Å². The van der Waals surface area contributed by atoms with Crippen molar-refractivity contribution < 1.29 is 14.4 Å². The van der Waals surface area contributed by atoms with Crippen LogP contribution in [0.15, 0.2) is 22.1 Å². The number of carbonyl (C=O) groups is 3. The maximum absolute atomic E-state index is 13.0. The van der Waals surface area contributed by atoms with Crippen molar-refractivity contribution in [1.82, 2.24) is 30.9 Å². The van der Waals surface area contributed by atoms with Crippen molar-refractivity contribution in [3.05, 3.63) is 32.7 Å². The monoisotopic (exact) mass is 508 g/mol. The average Bonchev–Trinajstić information content (AvgIpc) is 3.12. The summed E-state index contributed by atoms with van der Waals surface area (Å²) >= 11 is 4.67. The standard InChI is InChI=1S/C20H25BrN6O3S/c1-11(23-19(29)16-5-6-17(21)31-16)20(30)27-9-14(12-2-3-12)15(10-27)24-18(28)7-4-13-8-22-26-25-13/h5-6,8,11-12,14-15H,2-4,7,9-10H2,1H3,(H,23,29)(H,24,28)(H,22,25,26)/t11?,14-,15+/m0/s1. The molecule has 31 heavy (non-hydrogen) atoms. The van der Waals surface area contributed by atoms with Gasteiger partial charge < -0.3 is 15.5 Å². The average molecular weight is 509 g/mol. The molecular weight excluding hydrogens is 484 g/mol. The summed E-state index contributed by atoms with van der Waals surface area (Å²) in [5.41, 5.74) is 0.749. The van der Waals surface area contributed by atoms with Crippen molar-refractivity contribution in [2.45, 2.75) is 44.7 Å². The van der Waals surface area contributed by atoms with Gasteiger partial charge in [-0.2, -0.15) is 15.4 Å². The fourth-order valence-electron chi connectivity index (χ4n) is 4.07. The Kier molecular flexibility index (Phi) is 6.71. The summed E-state index contributed by atoms with van der Waals surface area (Å²) in [6, 6.07) is 2.85. The summed E-state index contributed by atoms with van der Waals surface area (Å²) in [7, 11) is 0. The van der Waals surface area contributed by atoms with Crippen LogP contribution < -0.4 is 10.6 Å². The van der Waals surface area contributed by atoms with Crippen LogP contribution in [0, 0.1) is 11.8 Å². The minimum atomic E-state index is -0.630. The van der Waals surface area contributed by atoms with E-state index in [4.69, 9.17) is 0 Å². The van der Waals surface area contributed by atoms with Gasteiger partial charge in [-0.3, -0.25) is 14.4 Å². The molecule has 3 atom stereocenters. The van der Waals surface area contributed by atoms with Crippen LogP contribution in [0.1, 0.15) is 41.6 Å². The lowest BCUT2D eigenvalue weighted by Crippen LogP contribution is -2.47. The lowest BCUT2D eigenvalue weighted by Gasteiger charge is -2.21. The lowest BCUT2D eigenvalue weighted by molar-refractivity contribution is -0.132. The van der Waals surface area contributed by atoms with Crippen molar-refractivity contribution in [2.75, 3.05) is 13.1 Å². The second kappa shape index (κ2) is 9.47. The molecule has 1 saturated heterocycles. The molecule has 11 heteroatoms. The van der Waals surface area contributed by atoms with Gasteiger partial charge in [-0.05, 0) is 53.7 Å². The van der Waals surface area contributed by atoms with Gasteiger partial charge >= 0.3 is 0 Å². The third-order valence-corrected chi connectivity index (χ3v) is 7.46. The van der Waals surface area contributed by atoms with Gasteiger partial charge in [0.15, 0.2) is 0 Å². The van der Waals surface area contributed by atoms with Crippen LogP contribution in [-0.2, 0) is 16.0 Å². The molecule has 3 N–H and O–H groups in total. The van der Waals surface area contributed by atoms with E-state index in [1.165, 1.54) is 11.3 Å². The summed E-state index contributed by atoms with van der Waals surface area (Å²) in [5, 5.41) is 16.2. The largest absolute Gasteiger partial charge is 0.351 e. The van der Waals surface area contributed by atoms with E-state index in [9.17, 15) is 14.4 Å². The topological polar surface area (TPSA) is 120 Å². The molecule has 1 aliphatic carbocycles. The summed E-state index contributed by atoms with van der Waals surface area (Å²) in [6.07, 6.45) is 4.74. The number of thiophene rings is 1. The molecule has 1 unspecified atom stereocenters. The molecular formula is C20H25BrN6O3S. The van der Waals surface area contributed by atoms with E-state index in [-0.39, 0.29) is 29.7 Å². The molecule has 2 aromatic heterocycles. The Morgan fingerprint density at radius 1 is 1.32 bits per heavy atom. The van der Waals surface area contributed by atoms with Gasteiger partial charge in [0.1, 0.15) is 6.04 Å². The lowest BCUT2D eigenvalue weighted by atomic mass is 9.98. The summed E-state index contributed by atoms with van der Waals surface area (Å²) in [4.78, 5) is 40.2. The first kappa shape index (κ1) is 21.9. The summed E-state index contributed by atoms with van der Waals surface area (Å²) in [5.74, 6) is 0.391. The Hall–Kier alpha value is -2.27. The second-order valence-corrected chi connectivity index (χ2v) is 10.6. The van der Waals surface area contributed by atoms with E-state index >= 15 is 0 Å². The van der Waals surface area contributed by atoms with Gasteiger partial charge in [-0.15, -0.1) is 11.3 Å². The zero-order valence-electron chi connectivity index (χ0n) is 17.1. The van der Waals surface area contributed by atoms with Gasteiger partial charge in [-0.25, -0.2) is 0 Å². The molecule has 0 spiro atoms. The molecule has 2 fully saturated rings. The Morgan fingerprint density at radius 2 is 2.13 bits per heavy atom. The minimum absolute atomic E-state index is 0.0439. The van der Waals surface area contributed by atoms with Crippen LogP contribution >= 0.6 is 27.3 Å². The molecule has 2 aliphatic rings. The maximum atomic E-state index is 13.0. The van der Waals surface area contributed by atoms with Crippen LogP contribution in [0.25, 0.3) is 0 Å². The fourth-order valence-corrected chi connectivity index (χ4v) is 5.36. The van der Waals surface area contributed by atoms with Gasteiger partial charge in [0, 0.05) is 31.8 Å². The highest BCUT2D eigenvalue weighted by Gasteiger charge is 2.45. The minimum Gasteiger partial charge on any atom is -0.351 e. The Balaban J connectivity index is 1.31. The van der Waals surface area contributed by atoms with Crippen LogP contribution in [0.4, 0.5) is 0 Å². The molecule has 2 aromatic rings. The molecule has 9 nitrogen and oxygen atoms in total. The highest BCUT2D eigenvalue weighted by molar-refractivity contribution is 9.11. The number of amides is 3. The first-order valence-electron chi connectivity index (χ1n) is 10.4. The summed E-state index contributed by atoms with van der Waals surface area (Å²) < 4.78 is 0.866. The molecule has 4 rings (SSSR count). The van der Waals surface area contributed by atoms with Gasteiger partial charge in [-0.1, -0.05) is 0 Å². The smallest absolute Gasteiger partial charge is 0.262 e. The molecule has 0 bridgehead atoms. The van der Waals surface area contributed by atoms with E-state index in [2.05, 4.69) is 42.0 Å². The molecule has 0 radical (unpaired) electrons. The van der Waals surface area contributed by atoms with Crippen molar-refractivity contribution in [3.8, 4) is 0 Å². The van der Waals surface area contributed by atoms with Crippen LogP contribution in [0.2, 0.25) is 0 Å².